The number of nitro benzene ring substituents is 1. The summed E-state index contributed by atoms with van der Waals surface area (Å²) in [6.45, 7) is 0.480. The lowest BCUT2D eigenvalue weighted by molar-refractivity contribution is -0.385. The Labute approximate surface area is 205 Å². The lowest BCUT2D eigenvalue weighted by atomic mass is 10.1. The van der Waals surface area contributed by atoms with Gasteiger partial charge in [-0.05, 0) is 41.5 Å². The van der Waals surface area contributed by atoms with Crippen molar-refractivity contribution < 1.29 is 28.8 Å². The molecular weight excluding hydrogens is 466 g/mol. The van der Waals surface area contributed by atoms with Crippen molar-refractivity contribution in [3.8, 4) is 22.6 Å². The lowest BCUT2D eigenvalue weighted by Gasteiger charge is -2.10. The molecule has 182 valence electrons. The van der Waals surface area contributed by atoms with Crippen molar-refractivity contribution in [2.45, 2.75) is 6.42 Å². The molecule has 0 radical (unpaired) electrons. The number of phenols is 1. The molecule has 36 heavy (non-hydrogen) atoms. The zero-order valence-electron chi connectivity index (χ0n) is 18.8. The Kier molecular flexibility index (Phi) is 7.25. The molecule has 0 saturated heterocycles. The number of benzene rings is 3. The summed E-state index contributed by atoms with van der Waals surface area (Å²) in [6.07, 6.45) is 2.09. The van der Waals surface area contributed by atoms with Crippen molar-refractivity contribution >= 4 is 17.5 Å². The van der Waals surface area contributed by atoms with Gasteiger partial charge in [0.25, 0.3) is 5.91 Å². The van der Waals surface area contributed by atoms with Crippen LogP contribution in [0.15, 0.2) is 89.5 Å². The Morgan fingerprint density at radius 1 is 0.944 bits per heavy atom. The van der Waals surface area contributed by atoms with Gasteiger partial charge in [0.2, 0.25) is 5.76 Å². The highest BCUT2D eigenvalue weighted by atomic mass is 16.6. The van der Waals surface area contributed by atoms with Crippen LogP contribution in [0.5, 0.6) is 11.5 Å². The number of furan rings is 1. The summed E-state index contributed by atoms with van der Waals surface area (Å²) < 4.78 is 11.2. The van der Waals surface area contributed by atoms with Crippen LogP contribution in [-0.2, 0) is 6.42 Å². The predicted octanol–water partition coefficient (Wildman–Crippen LogP) is 4.26. The first-order valence-electron chi connectivity index (χ1n) is 10.8. The Balaban J connectivity index is 1.40. The normalized spacial score (nSPS) is 10.4. The molecule has 10 nitrogen and oxygen atoms in total. The first-order chi connectivity index (χ1) is 17.4. The van der Waals surface area contributed by atoms with E-state index in [1.54, 1.807) is 24.3 Å². The van der Waals surface area contributed by atoms with Crippen LogP contribution in [-0.4, -0.2) is 28.5 Å². The van der Waals surface area contributed by atoms with Crippen LogP contribution in [0.4, 0.5) is 5.69 Å². The summed E-state index contributed by atoms with van der Waals surface area (Å²) >= 11 is 0. The third kappa shape index (κ3) is 5.68. The van der Waals surface area contributed by atoms with Crippen LogP contribution in [0.2, 0.25) is 0 Å². The molecule has 1 heterocycles. The van der Waals surface area contributed by atoms with E-state index in [-0.39, 0.29) is 11.3 Å². The Morgan fingerprint density at radius 3 is 2.50 bits per heavy atom. The number of phenolic OH excluding ortho intramolecular Hbond substituents is 1. The molecule has 0 saturated carbocycles. The zero-order valence-corrected chi connectivity index (χ0v) is 18.8. The number of hydrogen-bond acceptors (Lipinski definition) is 7. The van der Waals surface area contributed by atoms with E-state index in [0.717, 1.165) is 24.1 Å². The fourth-order valence-electron chi connectivity index (χ4n) is 3.45. The molecule has 0 unspecified atom stereocenters. The second-order valence-corrected chi connectivity index (χ2v) is 7.64. The maximum absolute atomic E-state index is 12.7. The minimum atomic E-state index is -0.820. The summed E-state index contributed by atoms with van der Waals surface area (Å²) in [4.78, 5) is 35.2. The monoisotopic (exact) mass is 487 g/mol. The molecule has 3 N–H and O–H groups in total. The van der Waals surface area contributed by atoms with Gasteiger partial charge in [-0.1, -0.05) is 42.5 Å². The number of nitrogens with zero attached hydrogens (tertiary/aromatic N) is 1. The number of ether oxygens (including phenoxy) is 1. The summed E-state index contributed by atoms with van der Waals surface area (Å²) in [6, 6.07) is 21.8. The largest absolute Gasteiger partial charge is 0.502 e. The number of carbonyl (C=O) groups excluding carboxylic acids is 2. The molecule has 3 aromatic carbocycles. The average molecular weight is 487 g/mol. The Bertz CT molecular complexity index is 1400. The van der Waals surface area contributed by atoms with Gasteiger partial charge in [-0.15, -0.1) is 0 Å². The van der Waals surface area contributed by atoms with Crippen molar-refractivity contribution in [1.29, 1.82) is 0 Å². The molecule has 4 rings (SSSR count). The van der Waals surface area contributed by atoms with E-state index in [0.29, 0.717) is 23.5 Å². The van der Waals surface area contributed by atoms with Gasteiger partial charge in [-0.25, -0.2) is 0 Å². The molecule has 0 bridgehead atoms. The van der Waals surface area contributed by atoms with Crippen molar-refractivity contribution in [2.75, 3.05) is 6.61 Å². The fourth-order valence-corrected chi connectivity index (χ4v) is 3.45. The van der Waals surface area contributed by atoms with E-state index in [4.69, 9.17) is 9.15 Å². The highest BCUT2D eigenvalue weighted by Crippen LogP contribution is 2.28. The van der Waals surface area contributed by atoms with Gasteiger partial charge >= 0.3 is 11.6 Å². The summed E-state index contributed by atoms with van der Waals surface area (Å²) in [5, 5.41) is 20.5. The minimum absolute atomic E-state index is 0.0478. The van der Waals surface area contributed by atoms with Gasteiger partial charge < -0.3 is 14.3 Å². The highest BCUT2D eigenvalue weighted by molar-refractivity contribution is 6.01. The zero-order chi connectivity index (χ0) is 25.5. The van der Waals surface area contributed by atoms with Gasteiger partial charge in [0.15, 0.2) is 5.75 Å². The Morgan fingerprint density at radius 2 is 1.72 bits per heavy atom. The third-order valence-corrected chi connectivity index (χ3v) is 5.24. The van der Waals surface area contributed by atoms with E-state index in [1.807, 2.05) is 36.4 Å². The fraction of sp³-hybridized carbons (Fsp3) is 0.0769. The molecule has 0 fully saturated rings. The number of aromatic hydroxyl groups is 1. The summed E-state index contributed by atoms with van der Waals surface area (Å²) in [5.41, 5.74) is 5.96. The van der Waals surface area contributed by atoms with Gasteiger partial charge in [0, 0.05) is 23.6 Å². The second kappa shape index (κ2) is 10.9. The van der Waals surface area contributed by atoms with Crippen molar-refractivity contribution in [2.24, 2.45) is 0 Å². The quantitative estimate of drug-likeness (QED) is 0.249. The maximum Gasteiger partial charge on any atom is 0.311 e. The predicted molar refractivity (Wildman–Crippen MR) is 129 cm³/mol. The average Bonchev–Trinajstić information content (AvgIpc) is 3.38. The highest BCUT2D eigenvalue weighted by Gasteiger charge is 2.20. The van der Waals surface area contributed by atoms with E-state index in [9.17, 15) is 24.8 Å². The minimum Gasteiger partial charge on any atom is -0.502 e. The Hall–Kier alpha value is -5.12. The van der Waals surface area contributed by atoms with E-state index in [2.05, 4.69) is 10.9 Å². The molecule has 0 atom stereocenters. The van der Waals surface area contributed by atoms with Crippen LogP contribution < -0.4 is 15.6 Å². The third-order valence-electron chi connectivity index (χ3n) is 5.24. The molecule has 1 aromatic heterocycles. The maximum atomic E-state index is 12.7. The van der Waals surface area contributed by atoms with Gasteiger partial charge in [0.1, 0.15) is 5.75 Å². The number of nitrogens with one attached hydrogen (secondary N) is 2. The first-order valence-corrected chi connectivity index (χ1v) is 10.8. The van der Waals surface area contributed by atoms with Crippen LogP contribution in [0.1, 0.15) is 26.5 Å². The summed E-state index contributed by atoms with van der Waals surface area (Å²) in [5.74, 6) is -1.54. The van der Waals surface area contributed by atoms with Crippen molar-refractivity contribution in [3.05, 3.63) is 112 Å². The van der Waals surface area contributed by atoms with E-state index < -0.39 is 28.2 Å². The van der Waals surface area contributed by atoms with Gasteiger partial charge in [-0.2, -0.15) is 0 Å². The molecule has 0 aliphatic heterocycles. The molecule has 0 spiro atoms. The molecule has 0 aliphatic carbocycles. The smallest absolute Gasteiger partial charge is 0.311 e. The summed E-state index contributed by atoms with van der Waals surface area (Å²) in [7, 11) is 0. The second-order valence-electron chi connectivity index (χ2n) is 7.64. The van der Waals surface area contributed by atoms with Crippen LogP contribution >= 0.6 is 0 Å². The van der Waals surface area contributed by atoms with Crippen LogP contribution in [0.25, 0.3) is 11.1 Å². The molecule has 0 aliphatic rings. The van der Waals surface area contributed by atoms with E-state index in [1.165, 1.54) is 12.3 Å². The number of nitro groups is 1. The van der Waals surface area contributed by atoms with Crippen molar-refractivity contribution in [1.82, 2.24) is 10.9 Å². The number of hydrazine groups is 1. The van der Waals surface area contributed by atoms with Crippen LogP contribution in [0.3, 0.4) is 0 Å². The topological polar surface area (TPSA) is 144 Å². The number of carbonyl (C=O) groups is 2. The lowest BCUT2D eigenvalue weighted by Crippen LogP contribution is -2.41. The SMILES string of the molecule is O=C(NNC(=O)c1occc1-c1cccc(OCCc2ccccc2)c1)c1ccc(O)c([N+](=O)[O-])c1. The number of rotatable bonds is 8. The van der Waals surface area contributed by atoms with Crippen molar-refractivity contribution in [3.63, 3.8) is 0 Å². The number of hydrogen-bond donors (Lipinski definition) is 3. The van der Waals surface area contributed by atoms with Gasteiger partial charge in [-0.3, -0.25) is 30.6 Å². The van der Waals surface area contributed by atoms with Gasteiger partial charge in [0.05, 0.1) is 17.8 Å². The molecule has 4 aromatic rings. The molecule has 2 amide bonds. The first kappa shape index (κ1) is 24.0. The van der Waals surface area contributed by atoms with E-state index >= 15 is 0 Å². The molecular formula is C26H21N3O7. The number of amides is 2. The van der Waals surface area contributed by atoms with Crippen LogP contribution in [0, 0.1) is 10.1 Å². The standard InChI is InChI=1S/C26H21N3O7/c30-23-10-9-19(16-22(23)29(33)34)25(31)27-28-26(32)24-21(12-14-36-24)18-7-4-8-20(15-18)35-13-11-17-5-2-1-3-6-17/h1-10,12,14-16,30H,11,13H2,(H,27,31)(H,28,32). The molecule has 10 heteroatoms.